The van der Waals surface area contributed by atoms with Crippen molar-refractivity contribution in [2.24, 2.45) is 0 Å². The maximum absolute atomic E-state index is 10.7. The summed E-state index contributed by atoms with van der Waals surface area (Å²) in [6.07, 6.45) is 5.49. The monoisotopic (exact) mass is 808 g/mol. The molecule has 228 valence electrons. The Morgan fingerprint density at radius 3 is 0.821 bits per heavy atom. The van der Waals surface area contributed by atoms with Crippen LogP contribution in [-0.2, 0) is 39.4 Å². The smallest absolute Gasteiger partial charge is 0.412 e. The van der Waals surface area contributed by atoms with Gasteiger partial charge in [0.15, 0.2) is 0 Å². The number of hydrogen-bond donors (Lipinski definition) is 0. The third-order valence-electron chi connectivity index (χ3n) is 3.34. The van der Waals surface area contributed by atoms with E-state index < -0.39 is 15.6 Å². The van der Waals surface area contributed by atoms with Crippen LogP contribution in [0.25, 0.3) is 0 Å². The Morgan fingerprint density at radius 2 is 0.667 bits per heavy atom. The molecule has 0 aromatic carbocycles. The molecule has 0 amide bonds. The number of nitrogens with zero attached hydrogens (tertiary/aromatic N) is 4. The predicted octanol–water partition coefficient (Wildman–Crippen LogP) is 8.19. The second-order valence-electron chi connectivity index (χ2n) is 7.03. The van der Waals surface area contributed by atoms with Crippen LogP contribution in [0.4, 0.5) is 50.4 Å². The fraction of sp³-hybridized carbons (Fsp3) is 0.167. The Balaban J connectivity index is -0.000000643. The summed E-state index contributed by atoms with van der Waals surface area (Å²) in [6.45, 7) is 2.32. The minimum atomic E-state index is -10.7. The fourth-order valence-corrected chi connectivity index (χ4v) is 2.33. The molecule has 3 rings (SSSR count). The molecule has 0 aliphatic rings. The number of hydrogen-bond acceptors (Lipinski definition) is 4. The van der Waals surface area contributed by atoms with Crippen LogP contribution >= 0.6 is 15.6 Å². The van der Waals surface area contributed by atoms with E-state index in [-0.39, 0.29) is 30.7 Å². The Kier molecular flexibility index (Phi) is 13.9. The van der Waals surface area contributed by atoms with E-state index in [1.165, 1.54) is 0 Å². The summed E-state index contributed by atoms with van der Waals surface area (Å²) in [5.41, 5.74) is 3.15. The van der Waals surface area contributed by atoms with E-state index in [4.69, 9.17) is 0 Å². The molecule has 3 heterocycles. The van der Waals surface area contributed by atoms with Gasteiger partial charge in [0.1, 0.15) is 0 Å². The van der Waals surface area contributed by atoms with Crippen LogP contribution in [0.1, 0.15) is 17.1 Å². The van der Waals surface area contributed by atoms with Gasteiger partial charge in [-0.05, 0) is 36.4 Å². The third kappa shape index (κ3) is 36.0. The van der Waals surface area contributed by atoms with Gasteiger partial charge in [0, 0.05) is 38.2 Å². The molecule has 0 saturated heterocycles. The first-order valence-electron chi connectivity index (χ1n) is 9.35. The predicted molar refractivity (Wildman–Crippen MR) is 120 cm³/mol. The van der Waals surface area contributed by atoms with E-state index in [9.17, 15) is 50.4 Å². The SMILES string of the molecule is F[P-](F)(F)(F)(F)F.F[P-](F)(F)(F)(F)F.O.O.[Os+2].c1ccc(CN(Cc2ccccn2)Cc2ccccn2)nc1. The molecule has 0 atom stereocenters. The number of aromatic nitrogens is 3. The summed E-state index contributed by atoms with van der Waals surface area (Å²) in [5, 5.41) is 0. The third-order valence-corrected chi connectivity index (χ3v) is 3.34. The summed E-state index contributed by atoms with van der Waals surface area (Å²) in [7, 11) is -21.3. The van der Waals surface area contributed by atoms with Crippen LogP contribution in [0.3, 0.4) is 0 Å². The molecule has 3 aromatic rings. The molecule has 0 saturated carbocycles. The Morgan fingerprint density at radius 1 is 0.462 bits per heavy atom. The average molecular weight is 807 g/mol. The second kappa shape index (κ2) is 13.1. The van der Waals surface area contributed by atoms with Gasteiger partial charge in [-0.3, -0.25) is 19.9 Å². The molecular weight excluding hydrogens is 784 g/mol. The molecule has 0 spiro atoms. The molecular formula is C18H22F12N4O2OsP2. The molecule has 4 N–H and O–H groups in total. The van der Waals surface area contributed by atoms with Gasteiger partial charge in [0.2, 0.25) is 0 Å². The van der Waals surface area contributed by atoms with E-state index in [0.29, 0.717) is 0 Å². The summed E-state index contributed by atoms with van der Waals surface area (Å²) in [6, 6.07) is 18.0. The van der Waals surface area contributed by atoms with Crippen molar-refractivity contribution >= 4 is 15.6 Å². The van der Waals surface area contributed by atoms with Gasteiger partial charge in [-0.25, -0.2) is 0 Å². The first-order chi connectivity index (χ1) is 15.8. The first-order valence-corrected chi connectivity index (χ1v) is 13.4. The summed E-state index contributed by atoms with van der Waals surface area (Å²) in [4.78, 5) is 15.6. The van der Waals surface area contributed by atoms with Crippen LogP contribution < -0.4 is 0 Å². The molecule has 0 fully saturated rings. The zero-order chi connectivity index (χ0) is 27.9. The van der Waals surface area contributed by atoms with Crippen LogP contribution in [-0.4, -0.2) is 30.8 Å². The molecule has 0 radical (unpaired) electrons. The van der Waals surface area contributed by atoms with E-state index in [1.54, 1.807) is 0 Å². The van der Waals surface area contributed by atoms with Gasteiger partial charge >= 0.3 is 85.8 Å². The molecule has 0 aliphatic carbocycles. The quantitative estimate of drug-likeness (QED) is 0.185. The zero-order valence-electron chi connectivity index (χ0n) is 19.1. The molecule has 21 heteroatoms. The minimum absolute atomic E-state index is 0. The molecule has 0 aliphatic heterocycles. The van der Waals surface area contributed by atoms with Gasteiger partial charge in [-0.2, -0.15) is 0 Å². The van der Waals surface area contributed by atoms with Crippen molar-refractivity contribution in [1.29, 1.82) is 0 Å². The first kappa shape index (κ1) is 41.5. The normalized spacial score (nSPS) is 14.4. The van der Waals surface area contributed by atoms with Crippen molar-refractivity contribution < 1.29 is 81.1 Å². The molecule has 6 nitrogen and oxygen atoms in total. The van der Waals surface area contributed by atoms with Crippen LogP contribution in [0.2, 0.25) is 0 Å². The molecule has 0 bridgehead atoms. The topological polar surface area (TPSA) is 105 Å². The maximum atomic E-state index is 9.87. The van der Waals surface area contributed by atoms with E-state index in [2.05, 4.69) is 19.9 Å². The molecule has 0 unspecified atom stereocenters. The average Bonchev–Trinajstić information content (AvgIpc) is 2.65. The number of rotatable bonds is 6. The van der Waals surface area contributed by atoms with E-state index in [1.807, 2.05) is 73.2 Å². The van der Waals surface area contributed by atoms with Crippen molar-refractivity contribution in [3.63, 3.8) is 0 Å². The number of halogens is 12. The Labute approximate surface area is 226 Å². The van der Waals surface area contributed by atoms with Crippen molar-refractivity contribution in [2.45, 2.75) is 19.6 Å². The van der Waals surface area contributed by atoms with Crippen LogP contribution in [0, 0.1) is 0 Å². The largest absolute Gasteiger partial charge is 2.00 e. The summed E-state index contributed by atoms with van der Waals surface area (Å²) >= 11 is 0. The van der Waals surface area contributed by atoms with E-state index in [0.717, 1.165) is 36.7 Å². The standard InChI is InChI=1S/C18H18N4.2F6P.2H2O.Os/c1-4-10-19-16(7-1)13-22(14-17-8-2-5-11-20-17)15-18-9-3-6-12-21-18;2*1-7(2,3,4,5)6;;;/h1-12H,13-15H2;;;2*1H2;/q;2*-1;;;+2. The van der Waals surface area contributed by atoms with Crippen molar-refractivity contribution in [3.05, 3.63) is 90.3 Å². The van der Waals surface area contributed by atoms with Gasteiger partial charge < -0.3 is 11.0 Å². The van der Waals surface area contributed by atoms with E-state index >= 15 is 0 Å². The Bertz CT molecular complexity index is 949. The molecule has 3 aromatic heterocycles. The molecule has 39 heavy (non-hydrogen) atoms. The minimum Gasteiger partial charge on any atom is -0.412 e. The van der Waals surface area contributed by atoms with Gasteiger partial charge in [0.25, 0.3) is 0 Å². The van der Waals surface area contributed by atoms with Gasteiger partial charge in [0.05, 0.1) is 17.1 Å². The van der Waals surface area contributed by atoms with Crippen molar-refractivity contribution in [1.82, 2.24) is 19.9 Å². The Hall–Kier alpha value is -2.01. The zero-order valence-corrected chi connectivity index (χ0v) is 23.5. The van der Waals surface area contributed by atoms with Gasteiger partial charge in [-0.1, -0.05) is 18.2 Å². The summed E-state index contributed by atoms with van der Waals surface area (Å²) < 4.78 is 118. The van der Waals surface area contributed by atoms with Crippen molar-refractivity contribution in [2.75, 3.05) is 0 Å². The fourth-order valence-electron chi connectivity index (χ4n) is 2.33. The second-order valence-corrected chi connectivity index (χ2v) is 10.9. The van der Waals surface area contributed by atoms with Crippen LogP contribution in [0.15, 0.2) is 73.2 Å². The number of pyridine rings is 3. The summed E-state index contributed by atoms with van der Waals surface area (Å²) in [5.74, 6) is 0. The van der Waals surface area contributed by atoms with Crippen LogP contribution in [0.5, 0.6) is 0 Å². The van der Waals surface area contributed by atoms with Gasteiger partial charge in [-0.15, -0.1) is 0 Å². The maximum Gasteiger partial charge on any atom is 2.00 e. The van der Waals surface area contributed by atoms with Crippen molar-refractivity contribution in [3.8, 4) is 0 Å².